The first-order chi connectivity index (χ1) is 15.8. The maximum Gasteiger partial charge on any atom is 0.398 e. The Hall–Kier alpha value is -2.34. The predicted octanol–water partition coefficient (Wildman–Crippen LogP) is 4.54. The van der Waals surface area contributed by atoms with Gasteiger partial charge in [0.05, 0.1) is 30.0 Å². The lowest BCUT2D eigenvalue weighted by atomic mass is 10.3. The Morgan fingerprint density at radius 2 is 1.94 bits per heavy atom. The van der Waals surface area contributed by atoms with E-state index in [2.05, 4.69) is 15.0 Å². The number of alkyl halides is 3. The molecule has 0 radical (unpaired) electrons. The van der Waals surface area contributed by atoms with E-state index >= 15 is 0 Å². The maximum atomic E-state index is 12.4. The number of aromatic nitrogens is 4. The lowest BCUT2D eigenvalue weighted by Gasteiger charge is -2.18. The number of fused-ring (bicyclic) bond motifs is 1. The van der Waals surface area contributed by atoms with E-state index in [0.29, 0.717) is 21.9 Å². The third kappa shape index (κ3) is 7.33. The molecule has 0 aliphatic rings. The van der Waals surface area contributed by atoms with Gasteiger partial charge in [0.2, 0.25) is 13.3 Å². The summed E-state index contributed by atoms with van der Waals surface area (Å²) in [6.07, 6.45) is -6.70. The summed E-state index contributed by atoms with van der Waals surface area (Å²) in [4.78, 5) is 23.2. The molecule has 0 saturated carbocycles. The number of hydrogen-bond donors (Lipinski definition) is 2. The van der Waals surface area contributed by atoms with E-state index in [0.717, 1.165) is 4.90 Å². The molecule has 2 unspecified atom stereocenters. The molecule has 0 aliphatic carbocycles. The van der Waals surface area contributed by atoms with Gasteiger partial charge < -0.3 is 24.7 Å². The second-order valence-corrected chi connectivity index (χ2v) is 11.2. The van der Waals surface area contributed by atoms with Crippen LogP contribution in [0.1, 0.15) is 20.8 Å². The van der Waals surface area contributed by atoms with Crippen molar-refractivity contribution in [1.82, 2.24) is 19.5 Å². The fourth-order valence-electron chi connectivity index (χ4n) is 3.03. The monoisotopic (exact) mass is 519 g/mol. The molecule has 0 spiro atoms. The van der Waals surface area contributed by atoms with Crippen molar-refractivity contribution in [3.63, 3.8) is 0 Å². The number of rotatable bonds is 10. The first-order valence-electron chi connectivity index (χ1n) is 10.2. The van der Waals surface area contributed by atoms with E-state index in [1.807, 2.05) is 38.1 Å². The molecule has 0 bridgehead atoms. The minimum atomic E-state index is -4.75. The van der Waals surface area contributed by atoms with Gasteiger partial charge in [0, 0.05) is 0 Å². The van der Waals surface area contributed by atoms with E-state index in [4.69, 9.17) is 15.2 Å². The van der Waals surface area contributed by atoms with E-state index in [9.17, 15) is 22.6 Å². The van der Waals surface area contributed by atoms with Crippen LogP contribution < -0.4 is 10.5 Å². The molecule has 14 heteroatoms. The van der Waals surface area contributed by atoms with Crippen molar-refractivity contribution >= 4 is 36.2 Å². The van der Waals surface area contributed by atoms with E-state index < -0.39 is 32.2 Å². The number of ether oxygens (including phenoxy) is 2. The van der Waals surface area contributed by atoms with Gasteiger partial charge in [-0.15, -0.1) is 0 Å². The van der Waals surface area contributed by atoms with E-state index in [-0.39, 0.29) is 18.6 Å². The molecule has 2 atom stereocenters. The largest absolute Gasteiger partial charge is 0.490 e. The highest BCUT2D eigenvalue weighted by molar-refractivity contribution is 7.99. The number of nitrogen functional groups attached to an aromatic ring is 1. The molecule has 0 amide bonds. The highest BCUT2D eigenvalue weighted by atomic mass is 32.2. The molecule has 1 aromatic carbocycles. The summed E-state index contributed by atoms with van der Waals surface area (Å²) < 4.78 is 61.7. The van der Waals surface area contributed by atoms with Gasteiger partial charge in [-0.25, -0.2) is 9.97 Å². The van der Waals surface area contributed by atoms with Crippen molar-refractivity contribution < 1.29 is 32.1 Å². The molecular weight excluding hydrogens is 494 g/mol. The first kappa shape index (κ1) is 26.3. The Morgan fingerprint density at radius 1 is 1.24 bits per heavy atom. The van der Waals surface area contributed by atoms with Crippen LogP contribution in [0.3, 0.4) is 0 Å². The first-order valence-corrected chi connectivity index (χ1v) is 13.1. The van der Waals surface area contributed by atoms with Gasteiger partial charge >= 0.3 is 6.18 Å². The summed E-state index contributed by atoms with van der Waals surface area (Å²) in [5.41, 5.74) is 6.78. The SMILES string of the molecule is CC(C)Oc1ccccc1Sc1nc(N)nc2c1ncn2CC(C)OCP(=O)(O)CC(F)(F)F. The highest BCUT2D eigenvalue weighted by Gasteiger charge is 2.38. The molecule has 0 saturated heterocycles. The van der Waals surface area contributed by atoms with Crippen LogP contribution in [0.2, 0.25) is 0 Å². The lowest BCUT2D eigenvalue weighted by molar-refractivity contribution is -0.108. The normalized spacial score (nSPS) is 14.9. The summed E-state index contributed by atoms with van der Waals surface area (Å²) in [5, 5.41) is 0.500. The molecule has 9 nitrogen and oxygen atoms in total. The Labute approximate surface area is 198 Å². The number of halogens is 3. The number of para-hydroxylation sites is 1. The minimum absolute atomic E-state index is 0.0117. The van der Waals surface area contributed by atoms with Crippen LogP contribution in [0, 0.1) is 0 Å². The smallest absolute Gasteiger partial charge is 0.398 e. The number of nitrogens with two attached hydrogens (primary N) is 1. The molecule has 0 aliphatic heterocycles. The van der Waals surface area contributed by atoms with Gasteiger partial charge in [-0.3, -0.25) is 4.57 Å². The average molecular weight is 519 g/mol. The van der Waals surface area contributed by atoms with Crippen LogP contribution in [-0.4, -0.2) is 55.3 Å². The van der Waals surface area contributed by atoms with Crippen LogP contribution in [0.5, 0.6) is 5.75 Å². The average Bonchev–Trinajstić information content (AvgIpc) is 3.08. The Morgan fingerprint density at radius 3 is 2.62 bits per heavy atom. The minimum Gasteiger partial charge on any atom is -0.490 e. The van der Waals surface area contributed by atoms with Crippen molar-refractivity contribution in [2.45, 2.75) is 55.6 Å². The fourth-order valence-corrected chi connectivity index (χ4v) is 5.12. The van der Waals surface area contributed by atoms with E-state index in [1.54, 1.807) is 11.5 Å². The van der Waals surface area contributed by atoms with Gasteiger partial charge in [0.15, 0.2) is 5.65 Å². The second-order valence-electron chi connectivity index (χ2n) is 7.90. The Bertz CT molecular complexity index is 1190. The standard InChI is InChI=1S/C20H25F3N5O4PS/c1-12(2)32-14-6-4-5-7-15(14)34-18-16-17(26-19(24)27-18)28(10-25-16)8-13(3)31-11-33(29,30)9-20(21,22)23/h4-7,10,12-13H,8-9,11H2,1-3H3,(H,29,30)(H2,24,26,27). The summed E-state index contributed by atoms with van der Waals surface area (Å²) >= 11 is 1.31. The van der Waals surface area contributed by atoms with Crippen LogP contribution in [-0.2, 0) is 15.8 Å². The molecule has 0 fully saturated rings. The Balaban J connectivity index is 1.78. The number of anilines is 1. The maximum absolute atomic E-state index is 12.4. The highest BCUT2D eigenvalue weighted by Crippen LogP contribution is 2.46. The second kappa shape index (κ2) is 10.5. The van der Waals surface area contributed by atoms with Gasteiger partial charge in [-0.05, 0) is 32.9 Å². The summed E-state index contributed by atoms with van der Waals surface area (Å²) in [6.45, 7) is 5.54. The zero-order valence-corrected chi connectivity index (χ0v) is 20.4. The Kier molecular flexibility index (Phi) is 8.12. The molecule has 2 aromatic heterocycles. The number of benzene rings is 1. The topological polar surface area (TPSA) is 125 Å². The number of hydrogen-bond acceptors (Lipinski definition) is 8. The van der Waals surface area contributed by atoms with Crippen LogP contribution in [0.25, 0.3) is 11.2 Å². The summed E-state index contributed by atoms with van der Waals surface area (Å²) in [6, 6.07) is 7.46. The molecule has 3 aromatic rings. The predicted molar refractivity (Wildman–Crippen MR) is 122 cm³/mol. The quantitative estimate of drug-likeness (QED) is 0.293. The van der Waals surface area contributed by atoms with Crippen molar-refractivity contribution in [2.24, 2.45) is 0 Å². The van der Waals surface area contributed by atoms with Gasteiger partial charge in [0.25, 0.3) is 0 Å². The fraction of sp³-hybridized carbons (Fsp3) is 0.450. The summed E-state index contributed by atoms with van der Waals surface area (Å²) in [7, 11) is -4.51. The number of imidazole rings is 1. The zero-order valence-electron chi connectivity index (χ0n) is 18.7. The third-order valence-electron chi connectivity index (χ3n) is 4.31. The lowest BCUT2D eigenvalue weighted by Crippen LogP contribution is -2.20. The molecular formula is C20H25F3N5O4PS. The van der Waals surface area contributed by atoms with Gasteiger partial charge in [0.1, 0.15) is 28.8 Å². The molecule has 3 rings (SSSR count). The summed E-state index contributed by atoms with van der Waals surface area (Å²) in [5.74, 6) is 0.694. The number of nitrogens with zero attached hydrogens (tertiary/aromatic N) is 4. The van der Waals surface area contributed by atoms with Crippen molar-refractivity contribution in [3.05, 3.63) is 30.6 Å². The third-order valence-corrected chi connectivity index (χ3v) is 6.75. The van der Waals surface area contributed by atoms with Crippen molar-refractivity contribution in [1.29, 1.82) is 0 Å². The van der Waals surface area contributed by atoms with Crippen LogP contribution in [0.4, 0.5) is 19.1 Å². The van der Waals surface area contributed by atoms with Crippen LogP contribution >= 0.6 is 19.1 Å². The molecule has 3 N–H and O–H groups in total. The van der Waals surface area contributed by atoms with Crippen LogP contribution in [0.15, 0.2) is 40.5 Å². The molecule has 2 heterocycles. The van der Waals surface area contributed by atoms with E-state index in [1.165, 1.54) is 18.1 Å². The van der Waals surface area contributed by atoms with Gasteiger partial charge in [-0.2, -0.15) is 18.2 Å². The molecule has 34 heavy (non-hydrogen) atoms. The molecule has 186 valence electrons. The van der Waals surface area contributed by atoms with Gasteiger partial charge in [-0.1, -0.05) is 23.9 Å². The zero-order chi connectivity index (χ0) is 25.1. The van der Waals surface area contributed by atoms with Crippen molar-refractivity contribution in [2.75, 3.05) is 18.2 Å². The van der Waals surface area contributed by atoms with Crippen molar-refractivity contribution in [3.8, 4) is 5.75 Å².